The van der Waals surface area contributed by atoms with Crippen molar-refractivity contribution in [3.8, 4) is 0 Å². The zero-order valence-electron chi connectivity index (χ0n) is 7.96. The minimum atomic E-state index is -0.206. The lowest BCUT2D eigenvalue weighted by atomic mass is 10.1. The maximum atomic E-state index is 11.4. The molecule has 0 aromatic heterocycles. The molecule has 14 heavy (non-hydrogen) atoms. The van der Waals surface area contributed by atoms with Gasteiger partial charge in [-0.3, -0.25) is 9.63 Å². The fraction of sp³-hybridized carbons (Fsp3) is 0.300. The normalized spacial score (nSPS) is 13.8. The van der Waals surface area contributed by atoms with Gasteiger partial charge in [0.25, 0.3) is 5.91 Å². The number of hydrogen-bond acceptors (Lipinski definition) is 3. The minimum absolute atomic E-state index is 0.206. The summed E-state index contributed by atoms with van der Waals surface area (Å²) < 4.78 is 0. The molecule has 1 aliphatic rings. The molecule has 2 N–H and O–H groups in total. The van der Waals surface area contributed by atoms with Gasteiger partial charge < -0.3 is 5.32 Å². The number of benzene rings is 1. The second kappa shape index (κ2) is 3.77. The number of amides is 1. The Morgan fingerprint density at radius 2 is 2.21 bits per heavy atom. The molecule has 0 spiro atoms. The van der Waals surface area contributed by atoms with Gasteiger partial charge in [-0.25, -0.2) is 5.48 Å². The zero-order chi connectivity index (χ0) is 9.97. The lowest BCUT2D eigenvalue weighted by Crippen LogP contribution is -2.21. The van der Waals surface area contributed by atoms with E-state index in [9.17, 15) is 4.79 Å². The highest BCUT2D eigenvalue weighted by molar-refractivity contribution is 5.93. The summed E-state index contributed by atoms with van der Waals surface area (Å²) in [7, 11) is 1.42. The summed E-state index contributed by atoms with van der Waals surface area (Å²) in [6, 6.07) is 5.67. The molecule has 0 saturated heterocycles. The molecule has 0 aliphatic carbocycles. The van der Waals surface area contributed by atoms with Gasteiger partial charge in [0.05, 0.1) is 7.11 Å². The average molecular weight is 192 g/mol. The molecule has 0 bridgehead atoms. The van der Waals surface area contributed by atoms with Crippen LogP contribution in [0.15, 0.2) is 18.2 Å². The van der Waals surface area contributed by atoms with Crippen molar-refractivity contribution >= 4 is 5.91 Å². The topological polar surface area (TPSA) is 50.4 Å². The van der Waals surface area contributed by atoms with E-state index < -0.39 is 0 Å². The average Bonchev–Trinajstić information content (AvgIpc) is 2.64. The van der Waals surface area contributed by atoms with Gasteiger partial charge in [-0.1, -0.05) is 6.07 Å². The number of carbonyl (C=O) groups excluding carboxylic acids is 1. The largest absolute Gasteiger partial charge is 0.309 e. The van der Waals surface area contributed by atoms with E-state index in [0.717, 1.165) is 13.1 Å². The summed E-state index contributed by atoms with van der Waals surface area (Å²) in [6.07, 6.45) is 0. The molecule has 0 fully saturated rings. The van der Waals surface area contributed by atoms with Crippen molar-refractivity contribution in [3.05, 3.63) is 34.9 Å². The van der Waals surface area contributed by atoms with Gasteiger partial charge in [0.15, 0.2) is 0 Å². The SMILES string of the molecule is CONC(=O)c1ccc2c(c1)CNC2. The highest BCUT2D eigenvalue weighted by atomic mass is 16.6. The number of rotatable bonds is 2. The monoisotopic (exact) mass is 192 g/mol. The highest BCUT2D eigenvalue weighted by Crippen LogP contribution is 2.16. The first-order valence-corrected chi connectivity index (χ1v) is 4.47. The Morgan fingerprint density at radius 3 is 3.00 bits per heavy atom. The van der Waals surface area contributed by atoms with Crippen molar-refractivity contribution in [2.75, 3.05) is 7.11 Å². The molecule has 0 radical (unpaired) electrons. The van der Waals surface area contributed by atoms with Crippen molar-refractivity contribution in [3.63, 3.8) is 0 Å². The zero-order valence-corrected chi connectivity index (χ0v) is 7.96. The summed E-state index contributed by atoms with van der Waals surface area (Å²) >= 11 is 0. The van der Waals surface area contributed by atoms with Crippen molar-refractivity contribution in [2.45, 2.75) is 13.1 Å². The van der Waals surface area contributed by atoms with Crippen LogP contribution in [-0.2, 0) is 17.9 Å². The number of hydrogen-bond donors (Lipinski definition) is 2. The molecule has 1 aliphatic heterocycles. The number of nitrogens with one attached hydrogen (secondary N) is 2. The van der Waals surface area contributed by atoms with Gasteiger partial charge in [0.2, 0.25) is 0 Å². The Labute approximate surface area is 82.2 Å². The van der Waals surface area contributed by atoms with Crippen LogP contribution in [0.3, 0.4) is 0 Å². The van der Waals surface area contributed by atoms with Gasteiger partial charge in [0, 0.05) is 18.7 Å². The van der Waals surface area contributed by atoms with Crippen LogP contribution in [0.5, 0.6) is 0 Å². The summed E-state index contributed by atoms with van der Waals surface area (Å²) in [6.45, 7) is 1.73. The Bertz CT molecular complexity index is 363. The summed E-state index contributed by atoms with van der Waals surface area (Å²) in [4.78, 5) is 16.0. The van der Waals surface area contributed by atoms with Crippen LogP contribution in [-0.4, -0.2) is 13.0 Å². The summed E-state index contributed by atoms with van der Waals surface area (Å²) in [5.74, 6) is -0.206. The van der Waals surface area contributed by atoms with Gasteiger partial charge in [-0.15, -0.1) is 0 Å². The molecule has 1 aromatic carbocycles. The first kappa shape index (κ1) is 9.18. The molecule has 4 nitrogen and oxygen atoms in total. The molecule has 0 saturated carbocycles. The lowest BCUT2D eigenvalue weighted by molar-refractivity contribution is 0.0537. The quantitative estimate of drug-likeness (QED) is 0.674. The fourth-order valence-corrected chi connectivity index (χ4v) is 1.59. The lowest BCUT2D eigenvalue weighted by Gasteiger charge is -2.03. The molecule has 1 amide bonds. The van der Waals surface area contributed by atoms with Gasteiger partial charge in [0.1, 0.15) is 0 Å². The Kier molecular flexibility index (Phi) is 2.47. The third kappa shape index (κ3) is 1.62. The summed E-state index contributed by atoms with van der Waals surface area (Å²) in [5, 5.41) is 3.22. The predicted molar refractivity (Wildman–Crippen MR) is 51.5 cm³/mol. The molecule has 0 unspecified atom stereocenters. The van der Waals surface area contributed by atoms with Gasteiger partial charge in [-0.05, 0) is 23.3 Å². The van der Waals surface area contributed by atoms with E-state index in [0.29, 0.717) is 5.56 Å². The number of fused-ring (bicyclic) bond motifs is 1. The van der Waals surface area contributed by atoms with E-state index >= 15 is 0 Å². The van der Waals surface area contributed by atoms with Crippen molar-refractivity contribution in [1.82, 2.24) is 10.8 Å². The molecule has 74 valence electrons. The van der Waals surface area contributed by atoms with Crippen LogP contribution in [0, 0.1) is 0 Å². The van der Waals surface area contributed by atoms with E-state index in [1.165, 1.54) is 18.2 Å². The van der Waals surface area contributed by atoms with E-state index in [-0.39, 0.29) is 5.91 Å². The fourth-order valence-electron chi connectivity index (χ4n) is 1.59. The van der Waals surface area contributed by atoms with Gasteiger partial charge in [-0.2, -0.15) is 0 Å². The molecule has 0 atom stereocenters. The Morgan fingerprint density at radius 1 is 1.43 bits per heavy atom. The van der Waals surface area contributed by atoms with Crippen LogP contribution < -0.4 is 10.8 Å². The van der Waals surface area contributed by atoms with Gasteiger partial charge >= 0.3 is 0 Å². The summed E-state index contributed by atoms with van der Waals surface area (Å²) in [5.41, 5.74) is 5.38. The second-order valence-electron chi connectivity index (χ2n) is 3.22. The third-order valence-corrected chi connectivity index (χ3v) is 2.29. The minimum Gasteiger partial charge on any atom is -0.309 e. The Balaban J connectivity index is 2.24. The first-order chi connectivity index (χ1) is 6.81. The van der Waals surface area contributed by atoms with Crippen molar-refractivity contribution in [1.29, 1.82) is 0 Å². The third-order valence-electron chi connectivity index (χ3n) is 2.29. The Hall–Kier alpha value is -1.39. The molecular formula is C10H12N2O2. The van der Waals surface area contributed by atoms with Crippen LogP contribution >= 0.6 is 0 Å². The van der Waals surface area contributed by atoms with E-state index in [4.69, 9.17) is 0 Å². The first-order valence-electron chi connectivity index (χ1n) is 4.47. The highest BCUT2D eigenvalue weighted by Gasteiger charge is 2.12. The van der Waals surface area contributed by atoms with Crippen molar-refractivity contribution in [2.24, 2.45) is 0 Å². The molecule has 4 heteroatoms. The maximum Gasteiger partial charge on any atom is 0.274 e. The molecule has 2 rings (SSSR count). The number of hydroxylamine groups is 1. The van der Waals surface area contributed by atoms with E-state index in [1.54, 1.807) is 6.07 Å². The van der Waals surface area contributed by atoms with Crippen LogP contribution in [0.4, 0.5) is 0 Å². The molecule has 1 heterocycles. The maximum absolute atomic E-state index is 11.4. The van der Waals surface area contributed by atoms with Crippen LogP contribution in [0.2, 0.25) is 0 Å². The van der Waals surface area contributed by atoms with Crippen LogP contribution in [0.1, 0.15) is 21.5 Å². The number of carbonyl (C=O) groups is 1. The standard InChI is InChI=1S/C10H12N2O2/c1-14-12-10(13)7-2-3-8-5-11-6-9(8)4-7/h2-4,11H,5-6H2,1H3,(H,12,13). The molecule has 1 aromatic rings. The molecular weight excluding hydrogens is 180 g/mol. The van der Waals surface area contributed by atoms with Crippen molar-refractivity contribution < 1.29 is 9.63 Å². The van der Waals surface area contributed by atoms with E-state index in [2.05, 4.69) is 15.6 Å². The predicted octanol–water partition coefficient (Wildman–Crippen LogP) is 0.581. The van der Waals surface area contributed by atoms with E-state index in [1.807, 2.05) is 12.1 Å². The van der Waals surface area contributed by atoms with Crippen LogP contribution in [0.25, 0.3) is 0 Å². The second-order valence-corrected chi connectivity index (χ2v) is 3.22. The smallest absolute Gasteiger partial charge is 0.274 e.